The van der Waals surface area contributed by atoms with Crippen molar-refractivity contribution in [2.45, 2.75) is 105 Å². The van der Waals surface area contributed by atoms with Crippen LogP contribution < -0.4 is 26.2 Å². The largest absolute Gasteiger partial charge is 0.310 e. The predicted molar refractivity (Wildman–Crippen MR) is 433 cm³/mol. The molecule has 6 heteroatoms. The molecule has 0 saturated carbocycles. The van der Waals surface area contributed by atoms with E-state index in [-0.39, 0.29) is 28.4 Å². The van der Waals surface area contributed by atoms with Crippen LogP contribution in [-0.4, -0.2) is 15.8 Å². The first-order valence-electron chi connectivity index (χ1n) is 35.6. The van der Waals surface area contributed by atoms with Gasteiger partial charge in [0.15, 0.2) is 0 Å². The zero-order chi connectivity index (χ0) is 68.5. The molecular weight excluding hydrogens is 1230 g/mol. The molecule has 0 amide bonds. The fraction of sp³-hybridized carbons (Fsp3) is 0.170. The summed E-state index contributed by atoms with van der Waals surface area (Å²) < 4.78 is 7.59. The topological polar surface area (TPSA) is 16.3 Å². The number of benzene rings is 13. The lowest BCUT2D eigenvalue weighted by molar-refractivity contribution is 0.569. The second kappa shape index (κ2) is 22.4. The average Bonchev–Trinajstić information content (AvgIpc) is 0.733. The van der Waals surface area contributed by atoms with Gasteiger partial charge in [0.05, 0.1) is 38.1 Å². The number of fused-ring (bicyclic) bond motifs is 13. The molecule has 0 bridgehead atoms. The third kappa shape index (κ3) is 9.76. The molecule has 2 aliphatic rings. The van der Waals surface area contributed by atoms with Crippen LogP contribution in [-0.2, 0) is 21.7 Å². The number of rotatable bonds is 7. The molecule has 100 heavy (non-hydrogen) atoms. The Kier molecular flexibility index (Phi) is 13.8. The van der Waals surface area contributed by atoms with E-state index in [1.807, 2.05) is 11.3 Å². The van der Waals surface area contributed by atoms with Gasteiger partial charge in [0.1, 0.15) is 0 Å². The highest BCUT2D eigenvalue weighted by atomic mass is 32.1. The highest BCUT2D eigenvalue weighted by Crippen LogP contribution is 2.55. The van der Waals surface area contributed by atoms with Gasteiger partial charge < -0.3 is 18.9 Å². The molecule has 18 rings (SSSR count). The third-order valence-corrected chi connectivity index (χ3v) is 22.9. The smallest absolute Gasteiger partial charge is 0.252 e. The second-order valence-corrected chi connectivity index (χ2v) is 33.2. The van der Waals surface area contributed by atoms with E-state index in [9.17, 15) is 0 Å². The maximum atomic E-state index is 2.75. The first-order valence-corrected chi connectivity index (χ1v) is 36.4. The number of hydrogen-bond acceptors (Lipinski definition) is 3. The van der Waals surface area contributed by atoms with Crippen LogP contribution in [0.25, 0.3) is 109 Å². The van der Waals surface area contributed by atoms with Gasteiger partial charge in [-0.25, -0.2) is 0 Å². The van der Waals surface area contributed by atoms with Gasteiger partial charge in [-0.1, -0.05) is 265 Å². The quantitative estimate of drug-likeness (QED) is 0.148. The monoisotopic (exact) mass is 1310 g/mol. The molecule has 0 N–H and O–H groups in total. The van der Waals surface area contributed by atoms with Crippen molar-refractivity contribution in [1.29, 1.82) is 0 Å². The van der Waals surface area contributed by atoms with Gasteiger partial charge in [-0.15, -0.1) is 11.3 Å². The molecule has 2 aliphatic heterocycles. The SMILES string of the molecule is CC(C)(C)c1cc(-c2ccc3c(c2)B2c4ccc(-n5c6ccccc6c6cc7c8ccccc8n(-c8ccccc8)c7cc65)cc4N(c4c(-c5ccccc5)cc(C(C)(C)C)cc4-c4ccccc4)c4cc(C(C)(C)C)cc(c42)N3c2cccc3c2sc2ccccc23)cc(C(C)(C)C)c1. The van der Waals surface area contributed by atoms with Crippen molar-refractivity contribution in [3.8, 4) is 44.8 Å². The summed E-state index contributed by atoms with van der Waals surface area (Å²) in [6.45, 7) is 28.2. The first kappa shape index (κ1) is 61.7. The minimum Gasteiger partial charge on any atom is -0.310 e. The highest BCUT2D eigenvalue weighted by Gasteiger charge is 2.46. The zero-order valence-electron chi connectivity index (χ0n) is 59.3. The van der Waals surface area contributed by atoms with Gasteiger partial charge in [0.25, 0.3) is 6.71 Å². The molecule has 0 aliphatic carbocycles. The lowest BCUT2D eigenvalue weighted by Crippen LogP contribution is -2.61. The Labute approximate surface area is 592 Å². The zero-order valence-corrected chi connectivity index (χ0v) is 60.1. The third-order valence-electron chi connectivity index (χ3n) is 21.6. The molecule has 0 fully saturated rings. The van der Waals surface area contributed by atoms with Crippen LogP contribution in [0.2, 0.25) is 0 Å². The van der Waals surface area contributed by atoms with E-state index in [2.05, 4.69) is 375 Å². The minimum absolute atomic E-state index is 0.0724. The molecule has 16 aromatic rings. The van der Waals surface area contributed by atoms with E-state index >= 15 is 0 Å². The Hall–Kier alpha value is -10.7. The fourth-order valence-corrected chi connectivity index (χ4v) is 17.6. The molecule has 0 saturated heterocycles. The van der Waals surface area contributed by atoms with Gasteiger partial charge in [-0.3, -0.25) is 0 Å². The van der Waals surface area contributed by atoms with Crippen molar-refractivity contribution in [1.82, 2.24) is 9.13 Å². The summed E-state index contributed by atoms with van der Waals surface area (Å²) in [5, 5.41) is 7.49. The van der Waals surface area contributed by atoms with Crippen LogP contribution in [0, 0.1) is 0 Å². The van der Waals surface area contributed by atoms with E-state index in [0.717, 1.165) is 33.8 Å². The molecule has 486 valence electrons. The van der Waals surface area contributed by atoms with Gasteiger partial charge in [-0.2, -0.15) is 0 Å². The van der Waals surface area contributed by atoms with E-state index in [1.54, 1.807) is 0 Å². The maximum Gasteiger partial charge on any atom is 0.252 e. The molecule has 5 heterocycles. The number of aromatic nitrogens is 2. The Bertz CT molecular complexity index is 5930. The van der Waals surface area contributed by atoms with Gasteiger partial charge in [-0.05, 0) is 174 Å². The number of anilines is 6. The maximum absolute atomic E-state index is 2.75. The summed E-state index contributed by atoms with van der Waals surface area (Å²) in [7, 11) is 0. The average molecular weight is 1310 g/mol. The van der Waals surface area contributed by atoms with Crippen LogP contribution in [0.4, 0.5) is 34.1 Å². The molecule has 0 atom stereocenters. The predicted octanol–water partition coefficient (Wildman–Crippen LogP) is 24.5. The standard InChI is InChI=1S/C94H81BN4S/c1-91(2,3)62-47-61(48-63(50-62)92(4,5)6)60-43-46-80-77(49-60)95-76-45-44-67(97-79-40-26-23-36-69(79)75-56-74-68-35-22-25-39-78(68)96(82(74)57-83(75)97)66-33-20-15-21-34-66)55-84(76)99(89-72(58-29-16-13-17-30-58)51-64(93(7,8)9)52-73(89)59-31-18-14-19-32-59)86-54-65(94(10,11)12)53-85(88(86)95)98(80)81-41-28-38-71-70-37-24-27-42-87(70)100-90(71)81/h13-57H,1-12H3. The molecule has 4 nitrogen and oxygen atoms in total. The van der Waals surface area contributed by atoms with Crippen molar-refractivity contribution < 1.29 is 0 Å². The van der Waals surface area contributed by atoms with Gasteiger partial charge in [0, 0.05) is 82.3 Å². The van der Waals surface area contributed by atoms with Gasteiger partial charge >= 0.3 is 0 Å². The summed E-state index contributed by atoms with van der Waals surface area (Å²) in [6, 6.07) is 105. The summed E-state index contributed by atoms with van der Waals surface area (Å²) in [5.41, 5.74) is 29.6. The molecular formula is C94H81BN4S. The Balaban J connectivity index is 1.01. The van der Waals surface area contributed by atoms with Crippen molar-refractivity contribution in [3.05, 3.63) is 295 Å². The van der Waals surface area contributed by atoms with E-state index in [4.69, 9.17) is 0 Å². The molecule has 13 aromatic carbocycles. The summed E-state index contributed by atoms with van der Waals surface area (Å²) in [6.07, 6.45) is 0. The first-order chi connectivity index (χ1) is 48.1. The van der Waals surface area contributed by atoms with Crippen LogP contribution in [0.3, 0.4) is 0 Å². The summed E-state index contributed by atoms with van der Waals surface area (Å²) >= 11 is 1.91. The number of hydrogen-bond donors (Lipinski definition) is 0. The Morgan fingerprint density at radius 3 is 1.37 bits per heavy atom. The van der Waals surface area contributed by atoms with E-state index in [0.29, 0.717) is 0 Å². The van der Waals surface area contributed by atoms with Crippen molar-refractivity contribution in [2.24, 2.45) is 0 Å². The highest BCUT2D eigenvalue weighted by molar-refractivity contribution is 7.26. The van der Waals surface area contributed by atoms with E-state index in [1.165, 1.54) is 148 Å². The van der Waals surface area contributed by atoms with Crippen molar-refractivity contribution in [3.63, 3.8) is 0 Å². The van der Waals surface area contributed by atoms with Crippen molar-refractivity contribution in [2.75, 3.05) is 9.80 Å². The van der Waals surface area contributed by atoms with Crippen LogP contribution in [0.1, 0.15) is 105 Å². The number of nitrogens with zero attached hydrogens (tertiary/aromatic N) is 4. The number of thiophene rings is 1. The van der Waals surface area contributed by atoms with Crippen molar-refractivity contribution >= 4 is 132 Å². The Morgan fingerprint density at radius 2 is 0.780 bits per heavy atom. The lowest BCUT2D eigenvalue weighted by Gasteiger charge is -2.46. The van der Waals surface area contributed by atoms with E-state index < -0.39 is 0 Å². The Morgan fingerprint density at radius 1 is 0.280 bits per heavy atom. The van der Waals surface area contributed by atoms with Gasteiger partial charge in [0.2, 0.25) is 0 Å². The second-order valence-electron chi connectivity index (χ2n) is 32.2. The summed E-state index contributed by atoms with van der Waals surface area (Å²) in [4.78, 5) is 5.42. The minimum atomic E-state index is -0.270. The summed E-state index contributed by atoms with van der Waals surface area (Å²) in [5.74, 6) is 0. The van der Waals surface area contributed by atoms with Crippen LogP contribution >= 0.6 is 11.3 Å². The fourth-order valence-electron chi connectivity index (χ4n) is 16.4. The van der Waals surface area contributed by atoms with Crippen LogP contribution in [0.15, 0.2) is 273 Å². The normalized spacial score (nSPS) is 13.3. The molecule has 3 aromatic heterocycles. The lowest BCUT2D eigenvalue weighted by atomic mass is 9.33. The molecule has 0 radical (unpaired) electrons. The number of para-hydroxylation sites is 3. The molecule has 0 spiro atoms. The van der Waals surface area contributed by atoms with Crippen LogP contribution in [0.5, 0.6) is 0 Å². The molecule has 0 unspecified atom stereocenters.